The Kier molecular flexibility index (Phi) is 4.37. The third-order valence-electron chi connectivity index (χ3n) is 3.59. The Labute approximate surface area is 113 Å². The first kappa shape index (κ1) is 13.8. The highest BCUT2D eigenvalue weighted by molar-refractivity contribution is 5.99. The van der Waals surface area contributed by atoms with Crippen molar-refractivity contribution in [2.45, 2.75) is 6.92 Å². The molecule has 0 spiro atoms. The molecule has 5 heteroatoms. The quantitative estimate of drug-likeness (QED) is 0.902. The zero-order chi connectivity index (χ0) is 13.8. The summed E-state index contributed by atoms with van der Waals surface area (Å²) in [6, 6.07) is 4.27. The molecule has 0 aliphatic carbocycles. The number of hydrogen-bond donors (Lipinski definition) is 1. The first-order valence-electron chi connectivity index (χ1n) is 6.64. The predicted octanol–water partition coefficient (Wildman–Crippen LogP) is 1.65. The second kappa shape index (κ2) is 6.02. The van der Waals surface area contributed by atoms with E-state index in [-0.39, 0.29) is 11.7 Å². The summed E-state index contributed by atoms with van der Waals surface area (Å²) < 4.78 is 13.3. The SMILES string of the molecule is CCN1CCN(C(=O)c2cc(F)ccc2NC)CC1. The van der Waals surface area contributed by atoms with Gasteiger partial charge >= 0.3 is 0 Å². The molecule has 1 aromatic carbocycles. The van der Waals surface area contributed by atoms with Crippen LogP contribution in [0.15, 0.2) is 18.2 Å². The lowest BCUT2D eigenvalue weighted by molar-refractivity contribution is 0.0644. The zero-order valence-corrected chi connectivity index (χ0v) is 11.4. The van der Waals surface area contributed by atoms with Gasteiger partial charge in [0, 0.05) is 38.9 Å². The Morgan fingerprint density at radius 1 is 1.32 bits per heavy atom. The fourth-order valence-corrected chi connectivity index (χ4v) is 2.35. The lowest BCUT2D eigenvalue weighted by atomic mass is 10.1. The van der Waals surface area contributed by atoms with Gasteiger partial charge in [-0.3, -0.25) is 4.79 Å². The number of carbonyl (C=O) groups is 1. The fraction of sp³-hybridized carbons (Fsp3) is 0.500. The molecular weight excluding hydrogens is 245 g/mol. The molecule has 0 radical (unpaired) electrons. The van der Waals surface area contributed by atoms with Crippen molar-refractivity contribution in [3.05, 3.63) is 29.6 Å². The number of hydrogen-bond acceptors (Lipinski definition) is 3. The average molecular weight is 265 g/mol. The number of nitrogens with zero attached hydrogens (tertiary/aromatic N) is 2. The number of carbonyl (C=O) groups excluding carboxylic acids is 1. The van der Waals surface area contributed by atoms with Gasteiger partial charge in [-0.05, 0) is 24.7 Å². The van der Waals surface area contributed by atoms with Gasteiger partial charge in [-0.15, -0.1) is 0 Å². The van der Waals surface area contributed by atoms with E-state index in [4.69, 9.17) is 0 Å². The predicted molar refractivity (Wildman–Crippen MR) is 74.0 cm³/mol. The maximum Gasteiger partial charge on any atom is 0.256 e. The molecule has 0 bridgehead atoms. The van der Waals surface area contributed by atoms with E-state index in [0.29, 0.717) is 24.3 Å². The number of anilines is 1. The van der Waals surface area contributed by atoms with Crippen LogP contribution in [-0.2, 0) is 0 Å². The van der Waals surface area contributed by atoms with Gasteiger partial charge in [-0.2, -0.15) is 0 Å². The van der Waals surface area contributed by atoms with Crippen LogP contribution in [0.1, 0.15) is 17.3 Å². The van der Waals surface area contributed by atoms with Crippen molar-refractivity contribution < 1.29 is 9.18 Å². The Morgan fingerprint density at radius 2 is 2.00 bits per heavy atom. The molecule has 4 nitrogen and oxygen atoms in total. The topological polar surface area (TPSA) is 35.6 Å². The molecule has 0 unspecified atom stereocenters. The van der Waals surface area contributed by atoms with Crippen LogP contribution < -0.4 is 5.32 Å². The lowest BCUT2D eigenvalue weighted by Gasteiger charge is -2.34. The highest BCUT2D eigenvalue weighted by atomic mass is 19.1. The van der Waals surface area contributed by atoms with E-state index in [1.165, 1.54) is 12.1 Å². The van der Waals surface area contributed by atoms with Gasteiger partial charge in [0.25, 0.3) is 5.91 Å². The number of piperazine rings is 1. The van der Waals surface area contributed by atoms with Gasteiger partial charge in [0.1, 0.15) is 5.82 Å². The van der Waals surface area contributed by atoms with Crippen LogP contribution in [0.3, 0.4) is 0 Å². The van der Waals surface area contributed by atoms with Crippen LogP contribution in [0.25, 0.3) is 0 Å². The van der Waals surface area contributed by atoms with Gasteiger partial charge in [-0.25, -0.2) is 4.39 Å². The van der Waals surface area contributed by atoms with Crippen molar-refractivity contribution in [3.8, 4) is 0 Å². The van der Waals surface area contributed by atoms with Gasteiger partial charge in [0.05, 0.1) is 5.56 Å². The smallest absolute Gasteiger partial charge is 0.256 e. The van der Waals surface area contributed by atoms with Crippen molar-refractivity contribution in [1.82, 2.24) is 9.80 Å². The molecule has 1 aliphatic heterocycles. The molecular formula is C14H20FN3O. The van der Waals surface area contributed by atoms with E-state index < -0.39 is 0 Å². The first-order valence-corrected chi connectivity index (χ1v) is 6.64. The Morgan fingerprint density at radius 3 is 2.58 bits per heavy atom. The summed E-state index contributed by atoms with van der Waals surface area (Å²) >= 11 is 0. The van der Waals surface area contributed by atoms with E-state index in [1.54, 1.807) is 18.0 Å². The molecule has 0 atom stereocenters. The second-order valence-corrected chi connectivity index (χ2v) is 4.67. The van der Waals surface area contributed by atoms with Gasteiger partial charge in [0.15, 0.2) is 0 Å². The third-order valence-corrected chi connectivity index (χ3v) is 3.59. The van der Waals surface area contributed by atoms with Crippen molar-refractivity contribution in [1.29, 1.82) is 0 Å². The summed E-state index contributed by atoms with van der Waals surface area (Å²) in [6.45, 7) is 6.28. The van der Waals surface area contributed by atoms with Gasteiger partial charge in [-0.1, -0.05) is 6.92 Å². The number of rotatable bonds is 3. The first-order chi connectivity index (χ1) is 9.15. The van der Waals surface area contributed by atoms with E-state index in [0.717, 1.165) is 19.6 Å². The van der Waals surface area contributed by atoms with Crippen LogP contribution in [0.4, 0.5) is 10.1 Å². The number of benzene rings is 1. The normalized spacial score (nSPS) is 16.5. The number of nitrogens with one attached hydrogen (secondary N) is 1. The summed E-state index contributed by atoms with van der Waals surface area (Å²) in [7, 11) is 1.74. The van der Waals surface area contributed by atoms with E-state index >= 15 is 0 Å². The maximum absolute atomic E-state index is 13.3. The minimum Gasteiger partial charge on any atom is -0.387 e. The molecule has 2 rings (SSSR count). The minimum atomic E-state index is -0.380. The van der Waals surface area contributed by atoms with Gasteiger partial charge < -0.3 is 15.1 Å². The lowest BCUT2D eigenvalue weighted by Crippen LogP contribution is -2.48. The van der Waals surface area contributed by atoms with E-state index in [9.17, 15) is 9.18 Å². The highest BCUT2D eigenvalue weighted by Gasteiger charge is 2.23. The number of likely N-dealkylation sites (N-methyl/N-ethyl adjacent to an activating group) is 1. The summed E-state index contributed by atoms with van der Waals surface area (Å²) in [6.07, 6.45) is 0. The molecule has 1 heterocycles. The van der Waals surface area contributed by atoms with E-state index in [1.807, 2.05) is 0 Å². The standard InChI is InChI=1S/C14H20FN3O/c1-3-17-6-8-18(9-7-17)14(19)12-10-11(15)4-5-13(12)16-2/h4-5,10,16H,3,6-9H2,1-2H3. The van der Waals surface area contributed by atoms with E-state index in [2.05, 4.69) is 17.1 Å². The van der Waals surface area contributed by atoms with Crippen molar-refractivity contribution in [3.63, 3.8) is 0 Å². The van der Waals surface area contributed by atoms with Crippen molar-refractivity contribution in [2.24, 2.45) is 0 Å². The molecule has 1 fully saturated rings. The van der Waals surface area contributed by atoms with Crippen LogP contribution in [0, 0.1) is 5.82 Å². The van der Waals surface area contributed by atoms with Crippen molar-refractivity contribution in [2.75, 3.05) is 45.1 Å². The molecule has 104 valence electrons. The summed E-state index contributed by atoms with van der Waals surface area (Å²) in [5.74, 6) is -0.478. The average Bonchev–Trinajstić information content (AvgIpc) is 2.46. The molecule has 1 aromatic rings. The van der Waals surface area contributed by atoms with Crippen LogP contribution in [-0.4, -0.2) is 55.5 Å². The zero-order valence-electron chi connectivity index (χ0n) is 11.4. The summed E-state index contributed by atoms with van der Waals surface area (Å²) in [4.78, 5) is 16.5. The number of amides is 1. The molecule has 1 aliphatic rings. The Hall–Kier alpha value is -1.62. The largest absolute Gasteiger partial charge is 0.387 e. The summed E-state index contributed by atoms with van der Waals surface area (Å²) in [5, 5.41) is 2.94. The highest BCUT2D eigenvalue weighted by Crippen LogP contribution is 2.19. The van der Waals surface area contributed by atoms with Crippen LogP contribution in [0.5, 0.6) is 0 Å². The molecule has 19 heavy (non-hydrogen) atoms. The number of halogens is 1. The summed E-state index contributed by atoms with van der Waals surface area (Å²) in [5.41, 5.74) is 1.08. The van der Waals surface area contributed by atoms with Crippen molar-refractivity contribution >= 4 is 11.6 Å². The third kappa shape index (κ3) is 3.04. The van der Waals surface area contributed by atoms with Gasteiger partial charge in [0.2, 0.25) is 0 Å². The van der Waals surface area contributed by atoms with Crippen LogP contribution in [0.2, 0.25) is 0 Å². The molecule has 1 N–H and O–H groups in total. The van der Waals surface area contributed by atoms with Crippen LogP contribution >= 0.6 is 0 Å². The molecule has 0 aromatic heterocycles. The minimum absolute atomic E-state index is 0.0976. The molecule has 0 saturated carbocycles. The second-order valence-electron chi connectivity index (χ2n) is 4.67. The molecule has 1 amide bonds. The Bertz CT molecular complexity index is 456. The Balaban J connectivity index is 2.14. The molecule has 1 saturated heterocycles. The monoisotopic (exact) mass is 265 g/mol. The maximum atomic E-state index is 13.3. The fourth-order valence-electron chi connectivity index (χ4n) is 2.35.